The van der Waals surface area contributed by atoms with Crippen LogP contribution in [-0.4, -0.2) is 27.8 Å². The number of hydrogen-bond acceptors (Lipinski definition) is 4. The molecule has 132 valence electrons. The summed E-state index contributed by atoms with van der Waals surface area (Å²) in [6.45, 7) is 2.87. The van der Waals surface area contributed by atoms with Crippen molar-refractivity contribution in [1.29, 1.82) is 0 Å². The van der Waals surface area contributed by atoms with Crippen molar-refractivity contribution in [2.75, 3.05) is 12.4 Å². The van der Waals surface area contributed by atoms with Gasteiger partial charge in [-0.1, -0.05) is 6.07 Å². The van der Waals surface area contributed by atoms with Crippen LogP contribution in [0.25, 0.3) is 22.3 Å². The molecule has 4 aromatic rings. The number of ether oxygens (including phenoxy) is 1. The molecule has 26 heavy (non-hydrogen) atoms. The second kappa shape index (κ2) is 6.44. The Labute approximate surface area is 149 Å². The molecule has 0 spiro atoms. The summed E-state index contributed by atoms with van der Waals surface area (Å²) in [7, 11) is 1.66. The Kier molecular flexibility index (Phi) is 3.96. The number of nitrogens with zero attached hydrogens (tertiary/aromatic N) is 2. The number of nitrogens with one attached hydrogen (secondary N) is 2. The molecule has 7 heteroatoms. The Balaban J connectivity index is 1.70. The Morgan fingerprint density at radius 1 is 1.31 bits per heavy atom. The molecule has 2 N–H and O–H groups in total. The van der Waals surface area contributed by atoms with Gasteiger partial charge < -0.3 is 19.0 Å². The molecule has 1 aromatic carbocycles. The van der Waals surface area contributed by atoms with Crippen LogP contribution < -0.4 is 10.1 Å². The average molecular weight is 350 g/mol. The van der Waals surface area contributed by atoms with E-state index in [1.54, 1.807) is 25.3 Å². The van der Waals surface area contributed by atoms with Crippen molar-refractivity contribution in [3.05, 3.63) is 54.5 Å². The standard InChI is InChI=1S/C19H18N4O3/c1-3-23-14-6-4-7-16(25-2)12(14)10-15(23)13-11-18(22-21-13)20-19(24)17-8-5-9-26-17/h4-11H,3H2,1-2H3,(H2,20,21,22,24). The summed E-state index contributed by atoms with van der Waals surface area (Å²) in [5.74, 6) is 1.15. The summed E-state index contributed by atoms with van der Waals surface area (Å²) < 4.78 is 12.7. The predicted octanol–water partition coefficient (Wildman–Crippen LogP) is 3.91. The lowest BCUT2D eigenvalue weighted by Gasteiger charge is -2.06. The zero-order valence-corrected chi connectivity index (χ0v) is 14.4. The third-order valence-corrected chi connectivity index (χ3v) is 4.28. The molecular formula is C19H18N4O3. The fraction of sp³-hybridized carbons (Fsp3) is 0.158. The fourth-order valence-electron chi connectivity index (χ4n) is 3.10. The Morgan fingerprint density at radius 3 is 2.92 bits per heavy atom. The first-order chi connectivity index (χ1) is 12.7. The van der Waals surface area contributed by atoms with Crippen LogP contribution in [0.15, 0.2) is 53.1 Å². The zero-order valence-electron chi connectivity index (χ0n) is 14.4. The lowest BCUT2D eigenvalue weighted by molar-refractivity contribution is 0.0996. The number of aromatic amines is 1. The van der Waals surface area contributed by atoms with Gasteiger partial charge in [0.05, 0.1) is 30.3 Å². The van der Waals surface area contributed by atoms with E-state index >= 15 is 0 Å². The number of aromatic nitrogens is 3. The summed E-state index contributed by atoms with van der Waals surface area (Å²) in [5, 5.41) is 10.9. The van der Waals surface area contributed by atoms with Gasteiger partial charge >= 0.3 is 0 Å². The van der Waals surface area contributed by atoms with Crippen molar-refractivity contribution in [3.63, 3.8) is 0 Å². The van der Waals surface area contributed by atoms with E-state index in [2.05, 4.69) is 39.1 Å². The molecule has 0 atom stereocenters. The van der Waals surface area contributed by atoms with E-state index < -0.39 is 0 Å². The highest BCUT2D eigenvalue weighted by Gasteiger charge is 2.16. The van der Waals surface area contributed by atoms with Gasteiger partial charge in [-0.3, -0.25) is 9.89 Å². The third-order valence-electron chi connectivity index (χ3n) is 4.28. The molecule has 0 fully saturated rings. The van der Waals surface area contributed by atoms with Gasteiger partial charge in [-0.25, -0.2) is 0 Å². The number of methoxy groups -OCH3 is 1. The monoisotopic (exact) mass is 350 g/mol. The second-order valence-electron chi connectivity index (χ2n) is 5.77. The van der Waals surface area contributed by atoms with Crippen LogP contribution in [0.3, 0.4) is 0 Å². The van der Waals surface area contributed by atoms with Gasteiger partial charge in [0.1, 0.15) is 5.75 Å². The minimum atomic E-state index is -0.342. The predicted molar refractivity (Wildman–Crippen MR) is 98.4 cm³/mol. The average Bonchev–Trinajstić information content (AvgIpc) is 3.39. The Bertz CT molecular complexity index is 1060. The number of carbonyl (C=O) groups excluding carboxylic acids is 1. The van der Waals surface area contributed by atoms with Crippen molar-refractivity contribution in [2.24, 2.45) is 0 Å². The number of benzene rings is 1. The number of fused-ring (bicyclic) bond motifs is 1. The molecule has 0 bridgehead atoms. The lowest BCUT2D eigenvalue weighted by atomic mass is 10.2. The van der Waals surface area contributed by atoms with Crippen molar-refractivity contribution < 1.29 is 13.9 Å². The fourth-order valence-corrected chi connectivity index (χ4v) is 3.10. The largest absolute Gasteiger partial charge is 0.496 e. The van der Waals surface area contributed by atoms with Gasteiger partial charge in [-0.2, -0.15) is 5.10 Å². The highest BCUT2D eigenvalue weighted by Crippen LogP contribution is 2.33. The van der Waals surface area contributed by atoms with Crippen LogP contribution in [0.2, 0.25) is 0 Å². The normalized spacial score (nSPS) is 11.0. The minimum absolute atomic E-state index is 0.238. The number of anilines is 1. The van der Waals surface area contributed by atoms with Crippen LogP contribution in [0, 0.1) is 0 Å². The molecule has 7 nitrogen and oxygen atoms in total. The number of hydrogen-bond donors (Lipinski definition) is 2. The first-order valence-electron chi connectivity index (χ1n) is 8.28. The highest BCUT2D eigenvalue weighted by molar-refractivity contribution is 6.02. The van der Waals surface area contributed by atoms with Crippen molar-refractivity contribution >= 4 is 22.6 Å². The number of H-pyrrole nitrogens is 1. The van der Waals surface area contributed by atoms with Gasteiger partial charge in [0.2, 0.25) is 0 Å². The van der Waals surface area contributed by atoms with Gasteiger partial charge in [-0.15, -0.1) is 0 Å². The SMILES string of the molecule is CCn1c(-c2cc(NC(=O)c3ccco3)n[nH]2)cc2c(OC)cccc21. The van der Waals surface area contributed by atoms with Gasteiger partial charge in [-0.05, 0) is 37.3 Å². The van der Waals surface area contributed by atoms with Crippen LogP contribution in [0.1, 0.15) is 17.5 Å². The number of carbonyl (C=O) groups is 1. The number of rotatable bonds is 5. The topological polar surface area (TPSA) is 85.1 Å². The first-order valence-corrected chi connectivity index (χ1v) is 8.28. The van der Waals surface area contributed by atoms with E-state index in [0.29, 0.717) is 5.82 Å². The number of amides is 1. The summed E-state index contributed by atoms with van der Waals surface area (Å²) in [5.41, 5.74) is 2.86. The van der Waals surface area contributed by atoms with Gasteiger partial charge in [0.15, 0.2) is 11.6 Å². The number of aryl methyl sites for hydroxylation is 1. The van der Waals surface area contributed by atoms with Crippen molar-refractivity contribution in [3.8, 4) is 17.1 Å². The molecule has 0 radical (unpaired) electrons. The Hall–Kier alpha value is -3.48. The summed E-state index contributed by atoms with van der Waals surface area (Å²) in [6.07, 6.45) is 1.46. The second-order valence-corrected chi connectivity index (χ2v) is 5.77. The molecule has 3 heterocycles. The lowest BCUT2D eigenvalue weighted by Crippen LogP contribution is -2.10. The van der Waals surface area contributed by atoms with E-state index in [0.717, 1.165) is 34.6 Å². The van der Waals surface area contributed by atoms with E-state index in [1.165, 1.54) is 6.26 Å². The van der Waals surface area contributed by atoms with Crippen LogP contribution in [-0.2, 0) is 6.54 Å². The van der Waals surface area contributed by atoms with Crippen LogP contribution in [0.5, 0.6) is 5.75 Å². The molecule has 0 aliphatic heterocycles. The first kappa shape index (κ1) is 16.0. The van der Waals surface area contributed by atoms with Crippen LogP contribution >= 0.6 is 0 Å². The zero-order chi connectivity index (χ0) is 18.1. The molecule has 3 aromatic heterocycles. The molecule has 4 rings (SSSR count). The summed E-state index contributed by atoms with van der Waals surface area (Å²) >= 11 is 0. The van der Waals surface area contributed by atoms with Gasteiger partial charge in [0, 0.05) is 18.0 Å². The third kappa shape index (κ3) is 2.63. The molecule has 0 saturated heterocycles. The number of furan rings is 1. The molecule has 0 unspecified atom stereocenters. The quantitative estimate of drug-likeness (QED) is 0.571. The molecule has 0 saturated carbocycles. The maximum Gasteiger partial charge on any atom is 0.292 e. The van der Waals surface area contributed by atoms with Crippen molar-refractivity contribution in [1.82, 2.24) is 14.8 Å². The maximum atomic E-state index is 12.1. The summed E-state index contributed by atoms with van der Waals surface area (Å²) in [4.78, 5) is 12.1. The minimum Gasteiger partial charge on any atom is -0.496 e. The van der Waals surface area contributed by atoms with Gasteiger partial charge in [0.25, 0.3) is 5.91 Å². The molecule has 1 amide bonds. The molecular weight excluding hydrogens is 332 g/mol. The van der Waals surface area contributed by atoms with E-state index in [4.69, 9.17) is 9.15 Å². The van der Waals surface area contributed by atoms with E-state index in [9.17, 15) is 4.79 Å². The smallest absolute Gasteiger partial charge is 0.292 e. The van der Waals surface area contributed by atoms with E-state index in [-0.39, 0.29) is 11.7 Å². The highest BCUT2D eigenvalue weighted by atomic mass is 16.5. The van der Waals surface area contributed by atoms with E-state index in [1.807, 2.05) is 12.1 Å². The van der Waals surface area contributed by atoms with Crippen molar-refractivity contribution in [2.45, 2.75) is 13.5 Å². The summed E-state index contributed by atoms with van der Waals surface area (Å²) in [6, 6.07) is 13.1. The molecule has 0 aliphatic rings. The maximum absolute atomic E-state index is 12.1. The Morgan fingerprint density at radius 2 is 2.19 bits per heavy atom. The molecule has 0 aliphatic carbocycles. The van der Waals surface area contributed by atoms with Crippen LogP contribution in [0.4, 0.5) is 5.82 Å².